The van der Waals surface area contributed by atoms with E-state index in [2.05, 4.69) is 27.7 Å². The average molecular weight is 425 g/mol. The van der Waals surface area contributed by atoms with Crippen LogP contribution in [0.5, 0.6) is 11.6 Å². The first-order valence-corrected chi connectivity index (χ1v) is 11.0. The highest BCUT2D eigenvalue weighted by Gasteiger charge is 2.19. The minimum Gasteiger partial charge on any atom is -0.438 e. The summed E-state index contributed by atoms with van der Waals surface area (Å²) in [5, 5.41) is 1.84. The van der Waals surface area contributed by atoms with Crippen LogP contribution in [0.1, 0.15) is 35.7 Å². The summed E-state index contributed by atoms with van der Waals surface area (Å²) in [4.78, 5) is 24.9. The van der Waals surface area contributed by atoms with Crippen LogP contribution in [0.3, 0.4) is 0 Å². The molecule has 0 saturated carbocycles. The SMILES string of the molecule is CC[NH+](CC)Cc1nc(Oc2ccc3c(C)cc(=O)oc3c2)c2c(C)c(C)sc2n1. The zero-order valence-electron chi connectivity index (χ0n) is 18.0. The van der Waals surface area contributed by atoms with Crippen molar-refractivity contribution >= 4 is 32.5 Å². The van der Waals surface area contributed by atoms with Crippen molar-refractivity contribution in [2.45, 2.75) is 41.2 Å². The van der Waals surface area contributed by atoms with E-state index in [0.717, 1.165) is 52.2 Å². The van der Waals surface area contributed by atoms with Crippen molar-refractivity contribution < 1.29 is 14.1 Å². The van der Waals surface area contributed by atoms with Gasteiger partial charge in [0.2, 0.25) is 5.88 Å². The van der Waals surface area contributed by atoms with Gasteiger partial charge in [0, 0.05) is 22.4 Å². The highest BCUT2D eigenvalue weighted by atomic mass is 32.1. The fraction of sp³-hybridized carbons (Fsp3) is 0.348. The number of benzene rings is 1. The minimum absolute atomic E-state index is 0.365. The van der Waals surface area contributed by atoms with Crippen molar-refractivity contribution in [2.24, 2.45) is 0 Å². The van der Waals surface area contributed by atoms with Crippen molar-refractivity contribution in [1.82, 2.24) is 9.97 Å². The third kappa shape index (κ3) is 3.82. The summed E-state index contributed by atoms with van der Waals surface area (Å²) in [5.74, 6) is 1.92. The van der Waals surface area contributed by atoms with E-state index in [1.54, 1.807) is 17.4 Å². The second kappa shape index (κ2) is 8.16. The second-order valence-corrected chi connectivity index (χ2v) is 8.75. The zero-order valence-corrected chi connectivity index (χ0v) is 18.8. The molecule has 0 fully saturated rings. The fourth-order valence-electron chi connectivity index (χ4n) is 3.61. The Hall–Kier alpha value is -2.77. The molecular formula is C23H26N3O3S+. The molecule has 6 nitrogen and oxygen atoms in total. The number of hydrogen-bond donors (Lipinski definition) is 1. The molecule has 156 valence electrons. The van der Waals surface area contributed by atoms with E-state index in [9.17, 15) is 4.79 Å². The smallest absolute Gasteiger partial charge is 0.336 e. The Morgan fingerprint density at radius 3 is 2.60 bits per heavy atom. The van der Waals surface area contributed by atoms with Crippen molar-refractivity contribution in [3.63, 3.8) is 0 Å². The molecule has 0 amide bonds. The van der Waals surface area contributed by atoms with E-state index in [1.807, 2.05) is 19.1 Å². The number of fused-ring (bicyclic) bond motifs is 2. The first kappa shape index (κ1) is 20.5. The van der Waals surface area contributed by atoms with Gasteiger partial charge >= 0.3 is 5.63 Å². The van der Waals surface area contributed by atoms with E-state index >= 15 is 0 Å². The van der Waals surface area contributed by atoms with E-state index < -0.39 is 0 Å². The van der Waals surface area contributed by atoms with Crippen LogP contribution in [0.15, 0.2) is 33.5 Å². The van der Waals surface area contributed by atoms with Crippen LogP contribution in [0.2, 0.25) is 0 Å². The Morgan fingerprint density at radius 1 is 1.10 bits per heavy atom. The third-order valence-corrected chi connectivity index (χ3v) is 6.69. The van der Waals surface area contributed by atoms with Crippen molar-refractivity contribution in [1.29, 1.82) is 0 Å². The van der Waals surface area contributed by atoms with Gasteiger partial charge in [0.15, 0.2) is 5.82 Å². The molecule has 3 aromatic heterocycles. The number of nitrogens with zero attached hydrogens (tertiary/aromatic N) is 2. The minimum atomic E-state index is -0.365. The van der Waals surface area contributed by atoms with E-state index in [0.29, 0.717) is 17.2 Å². The van der Waals surface area contributed by atoms with Crippen LogP contribution < -0.4 is 15.3 Å². The van der Waals surface area contributed by atoms with Gasteiger partial charge in [-0.3, -0.25) is 0 Å². The van der Waals surface area contributed by atoms with Crippen LogP contribution in [0.25, 0.3) is 21.2 Å². The van der Waals surface area contributed by atoms with Crippen LogP contribution in [0.4, 0.5) is 0 Å². The molecule has 0 spiro atoms. The van der Waals surface area contributed by atoms with Crippen molar-refractivity contribution in [3.05, 3.63) is 56.5 Å². The largest absolute Gasteiger partial charge is 0.438 e. The number of aromatic nitrogens is 2. The maximum absolute atomic E-state index is 11.8. The van der Waals surface area contributed by atoms with Gasteiger partial charge in [0.1, 0.15) is 22.7 Å². The fourth-order valence-corrected chi connectivity index (χ4v) is 4.65. The molecule has 1 N–H and O–H groups in total. The van der Waals surface area contributed by atoms with E-state index in [1.165, 1.54) is 15.8 Å². The lowest BCUT2D eigenvalue weighted by Gasteiger charge is -2.15. The molecule has 4 aromatic rings. The Morgan fingerprint density at radius 2 is 1.87 bits per heavy atom. The van der Waals surface area contributed by atoms with Crippen LogP contribution >= 0.6 is 11.3 Å². The summed E-state index contributed by atoms with van der Waals surface area (Å²) in [7, 11) is 0. The first-order chi connectivity index (χ1) is 14.4. The number of quaternary nitrogens is 1. The maximum Gasteiger partial charge on any atom is 0.336 e. The van der Waals surface area contributed by atoms with Crippen LogP contribution in [0, 0.1) is 20.8 Å². The predicted molar refractivity (Wildman–Crippen MR) is 120 cm³/mol. The highest BCUT2D eigenvalue weighted by molar-refractivity contribution is 7.18. The molecule has 0 bridgehead atoms. The Balaban J connectivity index is 1.80. The average Bonchev–Trinajstić information content (AvgIpc) is 2.99. The van der Waals surface area contributed by atoms with Crippen LogP contribution in [-0.2, 0) is 6.54 Å². The van der Waals surface area contributed by atoms with Crippen LogP contribution in [-0.4, -0.2) is 23.1 Å². The number of nitrogens with one attached hydrogen (secondary N) is 1. The summed E-state index contributed by atoms with van der Waals surface area (Å²) < 4.78 is 11.6. The number of ether oxygens (including phenoxy) is 1. The van der Waals surface area contributed by atoms with Gasteiger partial charge in [-0.2, -0.15) is 4.98 Å². The standard InChI is InChI=1S/C23H25N3O3S/c1-6-26(7-2)12-19-24-22(21-14(4)15(5)30-23(21)25-19)28-16-8-9-17-13(3)10-20(27)29-18(17)11-16/h8-11H,6-7,12H2,1-5H3/p+1. The molecular weight excluding hydrogens is 398 g/mol. The number of rotatable bonds is 6. The lowest BCUT2D eigenvalue weighted by Crippen LogP contribution is -3.10. The van der Waals surface area contributed by atoms with Gasteiger partial charge in [-0.25, -0.2) is 9.78 Å². The molecule has 3 heterocycles. The number of aryl methyl sites for hydroxylation is 3. The molecule has 0 aliphatic heterocycles. The summed E-state index contributed by atoms with van der Waals surface area (Å²) in [6, 6.07) is 7.04. The topological polar surface area (TPSA) is 69.7 Å². The molecule has 0 unspecified atom stereocenters. The molecule has 0 aliphatic rings. The summed E-state index contributed by atoms with van der Waals surface area (Å²) in [5.41, 5.74) is 2.16. The van der Waals surface area contributed by atoms with Gasteiger partial charge < -0.3 is 14.1 Å². The first-order valence-electron chi connectivity index (χ1n) is 10.2. The number of hydrogen-bond acceptors (Lipinski definition) is 6. The predicted octanol–water partition coefficient (Wildman–Crippen LogP) is 3.94. The number of thiophene rings is 1. The molecule has 7 heteroatoms. The van der Waals surface area contributed by atoms with E-state index in [4.69, 9.17) is 19.1 Å². The van der Waals surface area contributed by atoms with Gasteiger partial charge in [0.25, 0.3) is 0 Å². The molecule has 0 saturated heterocycles. The lowest BCUT2D eigenvalue weighted by atomic mass is 10.1. The summed E-state index contributed by atoms with van der Waals surface area (Å²) in [6.07, 6.45) is 0. The Labute approximate surface area is 179 Å². The van der Waals surface area contributed by atoms with Gasteiger partial charge in [0.05, 0.1) is 18.5 Å². The lowest BCUT2D eigenvalue weighted by molar-refractivity contribution is -0.910. The molecule has 30 heavy (non-hydrogen) atoms. The molecule has 1 aromatic carbocycles. The Kier molecular flexibility index (Phi) is 5.58. The molecule has 0 aliphatic carbocycles. The van der Waals surface area contributed by atoms with Crippen molar-refractivity contribution in [3.8, 4) is 11.6 Å². The second-order valence-electron chi connectivity index (χ2n) is 7.55. The molecule has 0 atom stereocenters. The van der Waals surface area contributed by atoms with Gasteiger partial charge in [-0.1, -0.05) is 0 Å². The summed E-state index contributed by atoms with van der Waals surface area (Å²) in [6.45, 7) is 13.2. The zero-order chi connectivity index (χ0) is 21.4. The summed E-state index contributed by atoms with van der Waals surface area (Å²) >= 11 is 1.67. The van der Waals surface area contributed by atoms with Gasteiger partial charge in [-0.05, 0) is 57.9 Å². The normalized spacial score (nSPS) is 11.7. The van der Waals surface area contributed by atoms with Gasteiger partial charge in [-0.15, -0.1) is 11.3 Å². The maximum atomic E-state index is 11.8. The highest BCUT2D eigenvalue weighted by Crippen LogP contribution is 2.37. The quantitative estimate of drug-likeness (QED) is 0.475. The molecule has 4 rings (SSSR count). The monoisotopic (exact) mass is 424 g/mol. The third-order valence-electron chi connectivity index (χ3n) is 5.59. The Bertz CT molecular complexity index is 1290. The van der Waals surface area contributed by atoms with E-state index in [-0.39, 0.29) is 5.63 Å². The molecule has 0 radical (unpaired) electrons. The van der Waals surface area contributed by atoms with Crippen molar-refractivity contribution in [2.75, 3.05) is 13.1 Å².